The van der Waals surface area contributed by atoms with Gasteiger partial charge in [0.25, 0.3) is 0 Å². The van der Waals surface area contributed by atoms with E-state index >= 15 is 9.59 Å². The molecule has 6 N–H and O–H groups in total. The number of ether oxygens (including phenoxy) is 12. The number of alkyl carbamates (subject to hydrolysis) is 1. The van der Waals surface area contributed by atoms with Crippen molar-refractivity contribution in [2.45, 2.75) is 166 Å². The fourth-order valence-corrected chi connectivity index (χ4v) is 13.1. The standard InChI is InChI=1S/C66H95N3O24/c1-40-46(36-66(81)58(91-59(78)44-21-15-12-16-22-44)56-64(9,57(77)54(76)52(40)63(66,7)8)47(72)35-48-65(56,39-88-48)92-42(3)71)89-60(79)55(53(43-19-13-11-14-20-43)69-61(80)93-62(4,5)6)90-51(75)38-87-34-32-85-31-33-86-37-50(74)68-45(41(2)70)23-17-18-25-67-49(73)24-26-83-29-30-84-28-27-82-10/h11-16,19-22,40,45-48,52-56,58,72,76,81H,17-18,23-39H2,1-10H3,(H,67,73)(H,68,74)(H,69,80)/t40?,45?,46?,47-,48+,52-,53-,54+,55+,56-,58-,64+,65-,66+/m1/s1. The number of unbranched alkanes of at least 4 members (excludes halogenated alkanes) is 1. The molecule has 6 rings (SSSR count). The smallest absolute Gasteiger partial charge is 0.408 e. The van der Waals surface area contributed by atoms with Crippen LogP contribution in [0.5, 0.6) is 0 Å². The van der Waals surface area contributed by atoms with Crippen LogP contribution >= 0.6 is 0 Å². The van der Waals surface area contributed by atoms with Crippen molar-refractivity contribution in [3.8, 4) is 0 Å². The Morgan fingerprint density at radius 3 is 1.95 bits per heavy atom. The van der Waals surface area contributed by atoms with Crippen molar-refractivity contribution in [2.75, 3.05) is 92.9 Å². The molecule has 3 saturated carbocycles. The van der Waals surface area contributed by atoms with Gasteiger partial charge in [-0.15, -0.1) is 0 Å². The van der Waals surface area contributed by atoms with E-state index in [4.69, 9.17) is 56.8 Å². The normalized spacial score (nSPS) is 27.1. The highest BCUT2D eigenvalue weighted by atomic mass is 16.6. The summed E-state index contributed by atoms with van der Waals surface area (Å²) in [6.45, 7) is 14.0. The number of aliphatic hydroxyl groups is 3. The second-order valence-electron chi connectivity index (χ2n) is 25.8. The molecule has 1 saturated heterocycles. The second-order valence-corrected chi connectivity index (χ2v) is 25.8. The number of hydrogen-bond donors (Lipinski definition) is 6. The molecule has 4 fully saturated rings. The molecule has 2 aromatic rings. The third kappa shape index (κ3) is 19.3. The fraction of sp³-hybridized carbons (Fsp3) is 0.682. The monoisotopic (exact) mass is 1310 g/mol. The predicted octanol–water partition coefficient (Wildman–Crippen LogP) is 3.23. The summed E-state index contributed by atoms with van der Waals surface area (Å²) in [7, 11) is 1.58. The van der Waals surface area contributed by atoms with E-state index in [1.165, 1.54) is 26.0 Å². The van der Waals surface area contributed by atoms with Gasteiger partial charge in [0.1, 0.15) is 54.9 Å². The Hall–Kier alpha value is -6.53. The SMILES string of the molecule is COCCOCCOCCC(=O)NCCCCC(NC(=O)COCCOCCOCC(=O)O[C@H](C(=O)OC1C[C@]2(O)[C@H](OC(=O)c3ccccc3)[C@H]3[C@@]4(OC(C)=O)CO[C@H]4C[C@@H](O)[C@]3(C)C(=O)[C@@H](O)[C@@H](C1C)C2(C)C)[C@H](NC(=O)OC(C)(C)C)c1ccccc1)C(C)=O. The van der Waals surface area contributed by atoms with Gasteiger partial charge in [0, 0.05) is 51.2 Å². The zero-order valence-electron chi connectivity index (χ0n) is 55.0. The molecule has 518 valence electrons. The molecular weight excluding hydrogens is 1220 g/mol. The van der Waals surface area contributed by atoms with Crippen molar-refractivity contribution < 1.29 is 115 Å². The number of nitrogens with one attached hydrogen (secondary N) is 3. The van der Waals surface area contributed by atoms with Crippen molar-refractivity contribution in [1.82, 2.24) is 16.0 Å². The number of Topliss-reactive ketones (excluding diaryl/α,β-unsaturated/α-hetero) is 2. The average molecular weight is 1310 g/mol. The molecular formula is C66H95N3O24. The lowest BCUT2D eigenvalue weighted by Crippen LogP contribution is -2.83. The Morgan fingerprint density at radius 1 is 0.753 bits per heavy atom. The maximum Gasteiger partial charge on any atom is 0.408 e. The zero-order chi connectivity index (χ0) is 68.3. The van der Waals surface area contributed by atoms with Crippen molar-refractivity contribution in [3.05, 3.63) is 71.8 Å². The van der Waals surface area contributed by atoms with Crippen molar-refractivity contribution in [3.63, 3.8) is 0 Å². The van der Waals surface area contributed by atoms with Crippen LogP contribution in [0.1, 0.15) is 123 Å². The number of fused-ring (bicyclic) bond motifs is 5. The van der Waals surface area contributed by atoms with Gasteiger partial charge in [-0.25, -0.2) is 19.2 Å². The maximum atomic E-state index is 15.4. The van der Waals surface area contributed by atoms with E-state index < -0.39 is 149 Å². The molecule has 0 spiro atoms. The van der Waals surface area contributed by atoms with Gasteiger partial charge in [-0.2, -0.15) is 0 Å². The van der Waals surface area contributed by atoms with E-state index in [1.54, 1.807) is 97.2 Å². The number of carbonyl (C=O) groups excluding carboxylic acids is 9. The first kappa shape index (κ1) is 75.5. The summed E-state index contributed by atoms with van der Waals surface area (Å²) >= 11 is 0. The Labute approximate surface area is 542 Å². The van der Waals surface area contributed by atoms with Crippen LogP contribution < -0.4 is 16.0 Å². The highest BCUT2D eigenvalue weighted by molar-refractivity contribution is 5.92. The number of aliphatic hydroxyl groups excluding tert-OH is 2. The topological polar surface area (TPSA) is 361 Å². The number of methoxy groups -OCH3 is 1. The minimum atomic E-state index is -2.43. The first-order valence-electron chi connectivity index (χ1n) is 31.6. The van der Waals surface area contributed by atoms with Crippen molar-refractivity contribution in [1.29, 1.82) is 0 Å². The number of amides is 3. The van der Waals surface area contributed by atoms with Crippen LogP contribution in [0.4, 0.5) is 4.79 Å². The molecule has 27 nitrogen and oxygen atoms in total. The summed E-state index contributed by atoms with van der Waals surface area (Å²) in [6.07, 6.45) is -10.2. The summed E-state index contributed by atoms with van der Waals surface area (Å²) in [6, 6.07) is 13.5. The lowest BCUT2D eigenvalue weighted by molar-refractivity contribution is -0.355. The number of hydrogen-bond acceptors (Lipinski definition) is 24. The van der Waals surface area contributed by atoms with Gasteiger partial charge in [0.2, 0.25) is 17.9 Å². The minimum Gasteiger partial charge on any atom is -0.459 e. The Bertz CT molecular complexity index is 2840. The van der Waals surface area contributed by atoms with Gasteiger partial charge in [-0.05, 0) is 77.5 Å². The van der Waals surface area contributed by atoms with Crippen LogP contribution in [0.2, 0.25) is 0 Å². The summed E-state index contributed by atoms with van der Waals surface area (Å²) in [5, 5.41) is 46.7. The lowest BCUT2D eigenvalue weighted by atomic mass is 9.42. The molecule has 3 aliphatic carbocycles. The van der Waals surface area contributed by atoms with Gasteiger partial charge < -0.3 is 88.1 Å². The molecule has 1 aliphatic heterocycles. The zero-order valence-corrected chi connectivity index (χ0v) is 55.0. The lowest BCUT2D eigenvalue weighted by Gasteiger charge is -2.68. The molecule has 2 aromatic carbocycles. The van der Waals surface area contributed by atoms with E-state index in [0.29, 0.717) is 52.2 Å². The molecule has 3 unspecified atom stereocenters. The van der Waals surface area contributed by atoms with Gasteiger partial charge in [-0.1, -0.05) is 69.3 Å². The molecule has 4 aliphatic rings. The molecule has 93 heavy (non-hydrogen) atoms. The van der Waals surface area contributed by atoms with Gasteiger partial charge >= 0.3 is 30.0 Å². The van der Waals surface area contributed by atoms with E-state index in [2.05, 4.69) is 16.0 Å². The largest absolute Gasteiger partial charge is 0.459 e. The van der Waals surface area contributed by atoms with Crippen LogP contribution in [0.3, 0.4) is 0 Å². The third-order valence-corrected chi connectivity index (χ3v) is 17.9. The van der Waals surface area contributed by atoms with Gasteiger partial charge in [0.15, 0.2) is 17.2 Å². The summed E-state index contributed by atoms with van der Waals surface area (Å²) in [5.74, 6) is -9.98. The first-order valence-corrected chi connectivity index (χ1v) is 31.6. The van der Waals surface area contributed by atoms with Gasteiger partial charge in [0.05, 0.1) is 95.1 Å². The van der Waals surface area contributed by atoms with Crippen molar-refractivity contribution in [2.24, 2.45) is 28.6 Å². The quantitative estimate of drug-likeness (QED) is 0.0328. The minimum absolute atomic E-state index is 0.000551. The molecule has 2 bridgehead atoms. The third-order valence-electron chi connectivity index (χ3n) is 17.9. The summed E-state index contributed by atoms with van der Waals surface area (Å²) < 4.78 is 68.5. The van der Waals surface area contributed by atoms with Crippen LogP contribution in [-0.2, 0) is 90.4 Å². The number of carbonyl (C=O) groups is 9. The number of benzene rings is 2. The van der Waals surface area contributed by atoms with Crippen LogP contribution in [0.15, 0.2) is 60.7 Å². The molecule has 3 amide bonds. The average Bonchev–Trinajstić information content (AvgIpc) is 0.672. The van der Waals surface area contributed by atoms with E-state index in [0.717, 1.165) is 6.92 Å². The Morgan fingerprint density at radius 2 is 1.35 bits per heavy atom. The van der Waals surface area contributed by atoms with Crippen LogP contribution in [0, 0.1) is 28.6 Å². The Kier molecular flexibility index (Phi) is 27.8. The highest BCUT2D eigenvalue weighted by Gasteiger charge is 2.79. The molecule has 27 heteroatoms. The van der Waals surface area contributed by atoms with E-state index in [-0.39, 0.29) is 81.9 Å². The summed E-state index contributed by atoms with van der Waals surface area (Å²) in [5.41, 5.74) is -8.72. The van der Waals surface area contributed by atoms with Crippen molar-refractivity contribution >= 4 is 53.4 Å². The number of rotatable bonds is 35. The highest BCUT2D eigenvalue weighted by Crippen LogP contribution is 2.65. The number of esters is 4. The maximum absolute atomic E-state index is 15.4. The van der Waals surface area contributed by atoms with E-state index in [1.807, 2.05) is 0 Å². The fourth-order valence-electron chi connectivity index (χ4n) is 13.1. The molecule has 1 heterocycles. The van der Waals surface area contributed by atoms with Gasteiger partial charge in [-0.3, -0.25) is 24.0 Å². The summed E-state index contributed by atoms with van der Waals surface area (Å²) in [4.78, 5) is 123. The molecule has 14 atom stereocenters. The molecule has 0 aromatic heterocycles. The predicted molar refractivity (Wildman–Crippen MR) is 327 cm³/mol. The van der Waals surface area contributed by atoms with Crippen LogP contribution in [-0.4, -0.2) is 221 Å². The second kappa shape index (κ2) is 34.2. The first-order chi connectivity index (χ1) is 44.0. The Balaban J connectivity index is 1.11. The molecule has 0 radical (unpaired) electrons. The van der Waals surface area contributed by atoms with Crippen LogP contribution in [0.25, 0.3) is 0 Å². The number of ketones is 2. The van der Waals surface area contributed by atoms with E-state index in [9.17, 15) is 48.9 Å².